The third-order valence-corrected chi connectivity index (χ3v) is 8.00. The van der Waals surface area contributed by atoms with E-state index in [1.54, 1.807) is 17.7 Å². The molecule has 0 radical (unpaired) electrons. The third kappa shape index (κ3) is 4.40. The number of hydrogen-bond acceptors (Lipinski definition) is 7. The van der Waals surface area contributed by atoms with Crippen LogP contribution in [-0.2, 0) is 7.05 Å². The van der Waals surface area contributed by atoms with E-state index in [0.717, 1.165) is 37.1 Å². The van der Waals surface area contributed by atoms with Crippen LogP contribution in [0.25, 0.3) is 10.9 Å². The van der Waals surface area contributed by atoms with E-state index in [2.05, 4.69) is 21.3 Å². The topological polar surface area (TPSA) is 124 Å². The molecule has 37 heavy (non-hydrogen) atoms. The normalized spacial score (nSPS) is 23.6. The van der Waals surface area contributed by atoms with Crippen molar-refractivity contribution in [2.24, 2.45) is 24.3 Å². The summed E-state index contributed by atoms with van der Waals surface area (Å²) in [6.45, 7) is 7.39. The zero-order valence-electron chi connectivity index (χ0n) is 21.2. The number of carboxylic acids is 1. The molecule has 5 rings (SSSR count). The third-order valence-electron chi connectivity index (χ3n) is 7.79. The summed E-state index contributed by atoms with van der Waals surface area (Å²) < 4.78 is 1.61. The van der Waals surface area contributed by atoms with Gasteiger partial charge in [-0.1, -0.05) is 17.7 Å². The van der Waals surface area contributed by atoms with E-state index in [9.17, 15) is 20.0 Å². The Hall–Kier alpha value is -3.64. The molecule has 4 atom stereocenters. The number of carboxylic acid groups (broad SMARTS) is 1. The number of hydrogen-bond donors (Lipinski definition) is 2. The second-order valence-corrected chi connectivity index (χ2v) is 11.1. The predicted molar refractivity (Wildman–Crippen MR) is 142 cm³/mol. The molecule has 2 aromatic heterocycles. The number of carbonyl (C=O) groups is 1. The molecule has 9 nitrogen and oxygen atoms in total. The Morgan fingerprint density at radius 2 is 1.95 bits per heavy atom. The summed E-state index contributed by atoms with van der Waals surface area (Å²) >= 11 is 5.91. The van der Waals surface area contributed by atoms with Crippen molar-refractivity contribution in [3.05, 3.63) is 56.6 Å². The second kappa shape index (κ2) is 9.03. The van der Waals surface area contributed by atoms with E-state index in [1.165, 1.54) is 6.07 Å². The van der Waals surface area contributed by atoms with Gasteiger partial charge >= 0.3 is 5.97 Å². The summed E-state index contributed by atoms with van der Waals surface area (Å²) in [5.74, 6) is 0.235. The molecule has 1 saturated carbocycles. The molecule has 10 heteroatoms. The number of aryl methyl sites for hydroxylation is 1. The van der Waals surface area contributed by atoms with Gasteiger partial charge in [0.05, 0.1) is 34.1 Å². The Kier molecular flexibility index (Phi) is 6.11. The molecule has 2 aliphatic rings. The summed E-state index contributed by atoms with van der Waals surface area (Å²) in [5, 5.41) is 23.0. The van der Waals surface area contributed by atoms with Gasteiger partial charge in [-0.05, 0) is 69.2 Å². The van der Waals surface area contributed by atoms with Gasteiger partial charge in [0, 0.05) is 25.7 Å². The Bertz CT molecular complexity index is 1510. The molecule has 3 heterocycles. The average Bonchev–Trinajstić information content (AvgIpc) is 3.37. The van der Waals surface area contributed by atoms with Gasteiger partial charge in [-0.25, -0.2) is 14.8 Å². The quantitative estimate of drug-likeness (QED) is 0.470. The van der Waals surface area contributed by atoms with Crippen molar-refractivity contribution in [3.8, 4) is 6.07 Å². The number of nitrogens with one attached hydrogen (secondary N) is 1. The van der Waals surface area contributed by atoms with E-state index in [-0.39, 0.29) is 27.9 Å². The standard InChI is InChI=1S/C27H29ClN6O3/c1-14-7-18(15(2)30-20-5-6-21(28)31-23(20)25(36)37)22-19(8-14)24(35)33(4)26(32-22)34-11-16-9-27(3,13-29)10-17(16)12-34/h5-8,15-17,30H,9-12H2,1-4H3,(H,36,37)/t15-,16-,17+,27?/m1/s1. The lowest BCUT2D eigenvalue weighted by molar-refractivity contribution is 0.0691. The van der Waals surface area contributed by atoms with E-state index in [4.69, 9.17) is 16.6 Å². The van der Waals surface area contributed by atoms with Crippen LogP contribution in [0, 0.1) is 35.5 Å². The highest BCUT2D eigenvalue weighted by Crippen LogP contribution is 2.49. The van der Waals surface area contributed by atoms with Crippen molar-refractivity contribution in [1.82, 2.24) is 14.5 Å². The molecule has 1 aliphatic heterocycles. The van der Waals surface area contributed by atoms with E-state index in [0.29, 0.717) is 34.4 Å². The number of rotatable bonds is 5. The molecule has 1 aliphatic carbocycles. The lowest BCUT2D eigenvalue weighted by Crippen LogP contribution is -2.32. The molecule has 1 saturated heterocycles. The molecule has 2 fully saturated rings. The average molecular weight is 521 g/mol. The maximum atomic E-state index is 13.5. The fourth-order valence-corrected chi connectivity index (χ4v) is 6.22. The van der Waals surface area contributed by atoms with Crippen molar-refractivity contribution in [1.29, 1.82) is 5.26 Å². The van der Waals surface area contributed by atoms with Crippen molar-refractivity contribution in [3.63, 3.8) is 0 Å². The predicted octanol–water partition coefficient (Wildman–Crippen LogP) is 4.54. The zero-order chi connectivity index (χ0) is 26.6. The van der Waals surface area contributed by atoms with Gasteiger partial charge in [-0.2, -0.15) is 5.26 Å². The highest BCUT2D eigenvalue weighted by atomic mass is 35.5. The largest absolute Gasteiger partial charge is 0.476 e. The van der Waals surface area contributed by atoms with Crippen molar-refractivity contribution < 1.29 is 9.90 Å². The van der Waals surface area contributed by atoms with E-state index >= 15 is 0 Å². The number of nitrogens with zero attached hydrogens (tertiary/aromatic N) is 5. The smallest absolute Gasteiger partial charge is 0.356 e. The number of pyridine rings is 1. The van der Waals surface area contributed by atoms with Crippen LogP contribution in [0.2, 0.25) is 5.15 Å². The maximum Gasteiger partial charge on any atom is 0.356 e. The van der Waals surface area contributed by atoms with Crippen LogP contribution in [0.4, 0.5) is 11.6 Å². The summed E-state index contributed by atoms with van der Waals surface area (Å²) in [5.41, 5.74) is 2.03. The molecular weight excluding hydrogens is 492 g/mol. The van der Waals surface area contributed by atoms with Crippen LogP contribution in [0.5, 0.6) is 0 Å². The van der Waals surface area contributed by atoms with Gasteiger partial charge in [0.1, 0.15) is 5.15 Å². The number of aromatic nitrogens is 3. The fraction of sp³-hybridized carbons (Fsp3) is 0.444. The highest BCUT2D eigenvalue weighted by molar-refractivity contribution is 6.29. The van der Waals surface area contributed by atoms with Crippen molar-refractivity contribution in [2.75, 3.05) is 23.3 Å². The molecule has 0 bridgehead atoms. The summed E-state index contributed by atoms with van der Waals surface area (Å²) in [6, 6.07) is 9.04. The Morgan fingerprint density at radius 1 is 1.27 bits per heavy atom. The van der Waals surface area contributed by atoms with Crippen LogP contribution < -0.4 is 15.8 Å². The molecule has 0 spiro atoms. The first-order chi connectivity index (χ1) is 17.5. The summed E-state index contributed by atoms with van der Waals surface area (Å²) in [4.78, 5) is 36.3. The lowest BCUT2D eigenvalue weighted by atomic mass is 9.89. The molecule has 1 unspecified atom stereocenters. The molecule has 192 valence electrons. The number of halogens is 1. The maximum absolute atomic E-state index is 13.5. The first-order valence-electron chi connectivity index (χ1n) is 12.3. The minimum absolute atomic E-state index is 0.0943. The minimum Gasteiger partial charge on any atom is -0.476 e. The SMILES string of the molecule is Cc1cc([C@@H](C)Nc2ccc(Cl)nc2C(=O)O)c2nc(N3C[C@@H]4CC(C)(C#N)C[C@@H]4C3)n(C)c(=O)c2c1. The van der Waals surface area contributed by atoms with Gasteiger partial charge in [0.15, 0.2) is 5.69 Å². The fourth-order valence-electron chi connectivity index (χ4n) is 6.08. The Labute approximate surface area is 219 Å². The monoisotopic (exact) mass is 520 g/mol. The van der Waals surface area contributed by atoms with Gasteiger partial charge in [-0.3, -0.25) is 9.36 Å². The van der Waals surface area contributed by atoms with Crippen LogP contribution in [-0.4, -0.2) is 38.7 Å². The van der Waals surface area contributed by atoms with Crippen molar-refractivity contribution in [2.45, 2.75) is 39.7 Å². The molecule has 2 N–H and O–H groups in total. The van der Waals surface area contributed by atoms with E-state index in [1.807, 2.05) is 32.9 Å². The first kappa shape index (κ1) is 25.0. The number of aromatic carboxylic acids is 1. The number of benzene rings is 1. The van der Waals surface area contributed by atoms with Gasteiger partial charge in [-0.15, -0.1) is 0 Å². The lowest BCUT2D eigenvalue weighted by Gasteiger charge is -2.25. The summed E-state index contributed by atoms with van der Waals surface area (Å²) in [6.07, 6.45) is 1.72. The Morgan fingerprint density at radius 3 is 2.57 bits per heavy atom. The molecule has 0 amide bonds. The number of anilines is 2. The van der Waals surface area contributed by atoms with E-state index < -0.39 is 5.97 Å². The van der Waals surface area contributed by atoms with Gasteiger partial charge in [0.2, 0.25) is 5.95 Å². The summed E-state index contributed by atoms with van der Waals surface area (Å²) in [7, 11) is 1.75. The Balaban J connectivity index is 1.54. The molecule has 3 aromatic rings. The molecule has 1 aromatic carbocycles. The first-order valence-corrected chi connectivity index (χ1v) is 12.7. The second-order valence-electron chi connectivity index (χ2n) is 10.7. The van der Waals surface area contributed by atoms with Crippen LogP contribution >= 0.6 is 11.6 Å². The van der Waals surface area contributed by atoms with Gasteiger partial charge in [0.25, 0.3) is 5.56 Å². The molecular formula is C27H29ClN6O3. The number of nitriles is 1. The number of fused-ring (bicyclic) bond motifs is 2. The highest BCUT2D eigenvalue weighted by Gasteiger charge is 2.47. The van der Waals surface area contributed by atoms with Crippen LogP contribution in [0.15, 0.2) is 29.1 Å². The van der Waals surface area contributed by atoms with Gasteiger partial charge < -0.3 is 15.3 Å². The minimum atomic E-state index is -1.19. The van der Waals surface area contributed by atoms with Crippen molar-refractivity contribution >= 4 is 40.1 Å². The van der Waals surface area contributed by atoms with Crippen LogP contribution in [0.1, 0.15) is 54.3 Å². The zero-order valence-corrected chi connectivity index (χ0v) is 22.0. The van der Waals surface area contributed by atoms with Crippen LogP contribution in [0.3, 0.4) is 0 Å².